The molecule has 1 aliphatic heterocycles. The summed E-state index contributed by atoms with van der Waals surface area (Å²) in [5.41, 5.74) is 2.31. The van der Waals surface area contributed by atoms with Crippen molar-refractivity contribution in [3.8, 4) is 11.3 Å². The lowest BCUT2D eigenvalue weighted by Gasteiger charge is -2.38. The molecule has 6 rings (SSSR count). The average Bonchev–Trinajstić information content (AvgIpc) is 3.54. The van der Waals surface area contributed by atoms with Crippen LogP contribution in [-0.4, -0.2) is 54.4 Å². The van der Waals surface area contributed by atoms with E-state index in [-0.39, 0.29) is 5.91 Å². The first-order chi connectivity index (χ1) is 16.3. The summed E-state index contributed by atoms with van der Waals surface area (Å²) in [6.45, 7) is -0.915. The van der Waals surface area contributed by atoms with Gasteiger partial charge < -0.3 is 9.88 Å². The quantitative estimate of drug-likeness (QED) is 0.481. The molecular weight excluding hydrogens is 446 g/mol. The van der Waals surface area contributed by atoms with Crippen molar-refractivity contribution < 1.29 is 13.6 Å². The van der Waals surface area contributed by atoms with Crippen LogP contribution in [0.1, 0.15) is 34.7 Å². The van der Waals surface area contributed by atoms with E-state index in [4.69, 9.17) is 0 Å². The third-order valence-electron chi connectivity index (χ3n) is 5.65. The fourth-order valence-electron chi connectivity index (χ4n) is 3.79. The van der Waals surface area contributed by atoms with Crippen LogP contribution in [0.25, 0.3) is 16.9 Å². The zero-order valence-electron chi connectivity index (χ0n) is 17.9. The zero-order chi connectivity index (χ0) is 23.9. The van der Waals surface area contributed by atoms with E-state index in [2.05, 4.69) is 20.1 Å². The third-order valence-corrected chi connectivity index (χ3v) is 5.65. The van der Waals surface area contributed by atoms with E-state index >= 15 is 0 Å². The molecule has 4 heterocycles. The molecular formula is C23H20F2N6O3. The van der Waals surface area contributed by atoms with Gasteiger partial charge >= 0.3 is 5.69 Å². The molecule has 2 aliphatic rings. The summed E-state index contributed by atoms with van der Waals surface area (Å²) in [4.78, 5) is 44.6. The molecule has 1 aliphatic carbocycles. The molecule has 0 radical (unpaired) electrons. The van der Waals surface area contributed by atoms with Gasteiger partial charge in [0.15, 0.2) is 5.65 Å². The molecule has 11 heteroatoms. The fraction of sp³-hybridized carbons (Fsp3) is 0.261. The summed E-state index contributed by atoms with van der Waals surface area (Å²) < 4.78 is 26.6. The van der Waals surface area contributed by atoms with E-state index in [0.717, 1.165) is 29.0 Å². The minimum atomic E-state index is -2.69. The van der Waals surface area contributed by atoms with Gasteiger partial charge in [-0.15, -0.1) is 0 Å². The first-order valence-electron chi connectivity index (χ1n) is 10.7. The first kappa shape index (κ1) is 21.7. The van der Waals surface area contributed by atoms with E-state index in [1.54, 1.807) is 47.2 Å². The normalized spacial score (nSPS) is 16.5. The Labute approximate surface area is 191 Å². The summed E-state index contributed by atoms with van der Waals surface area (Å²) in [6, 6.07) is 10.3. The predicted molar refractivity (Wildman–Crippen MR) is 119 cm³/mol. The molecule has 0 unspecified atom stereocenters. The number of likely N-dealkylation sites (tertiary alicyclic amines) is 1. The van der Waals surface area contributed by atoms with Crippen LogP contribution in [-0.2, 0) is 0 Å². The minimum absolute atomic E-state index is 0.323. The van der Waals surface area contributed by atoms with Gasteiger partial charge in [-0.05, 0) is 37.0 Å². The summed E-state index contributed by atoms with van der Waals surface area (Å²) in [5.74, 6) is -2.52. The van der Waals surface area contributed by atoms with Crippen molar-refractivity contribution in [1.29, 1.82) is 0 Å². The number of aromatic nitrogens is 5. The first-order valence-corrected chi connectivity index (χ1v) is 10.7. The highest BCUT2D eigenvalue weighted by atomic mass is 19.3. The van der Waals surface area contributed by atoms with E-state index in [1.165, 1.54) is 6.20 Å². The second-order valence-corrected chi connectivity index (χ2v) is 8.32. The minimum Gasteiger partial charge on any atom is -0.326 e. The standard InChI is InChI=1S/C13H11N5O2.C10H9F2NO/c19-12-9(6-15-13(20)16-12)10-5-8(7-1-2-7)11-14-3-4-18(11)17-10;11-10(12)6-13(7-10)9(14)8-4-2-1-3-5-8/h3-7H,1-2H2,(H2,15,16,19,20);1-5H,6-7H2. The van der Waals surface area contributed by atoms with Crippen molar-refractivity contribution in [2.75, 3.05) is 13.1 Å². The van der Waals surface area contributed by atoms with Crippen molar-refractivity contribution in [3.63, 3.8) is 0 Å². The van der Waals surface area contributed by atoms with Crippen LogP contribution in [0.15, 0.2) is 64.6 Å². The number of aromatic amines is 2. The number of benzene rings is 1. The highest BCUT2D eigenvalue weighted by Crippen LogP contribution is 2.42. The number of halogens is 2. The SMILES string of the molecule is O=C(c1ccccc1)N1CC(F)(F)C1.O=c1[nH]cc(-c2cc(C3CC3)c3nccn3n2)c(=O)[nH]1. The maximum Gasteiger partial charge on any atom is 0.325 e. The van der Waals surface area contributed by atoms with Crippen molar-refractivity contribution in [3.05, 3.63) is 87.0 Å². The Morgan fingerprint density at radius 1 is 1.12 bits per heavy atom. The van der Waals surface area contributed by atoms with Crippen molar-refractivity contribution in [1.82, 2.24) is 29.5 Å². The van der Waals surface area contributed by atoms with Gasteiger partial charge in [0, 0.05) is 29.7 Å². The Hall–Kier alpha value is -4.15. The number of rotatable bonds is 3. The molecule has 0 atom stereocenters. The van der Waals surface area contributed by atoms with Crippen LogP contribution in [0.5, 0.6) is 0 Å². The number of fused-ring (bicyclic) bond motifs is 1. The number of hydrogen-bond donors (Lipinski definition) is 2. The van der Waals surface area contributed by atoms with Crippen molar-refractivity contribution in [2.45, 2.75) is 24.7 Å². The summed E-state index contributed by atoms with van der Waals surface area (Å²) in [7, 11) is 0. The smallest absolute Gasteiger partial charge is 0.325 e. The molecule has 34 heavy (non-hydrogen) atoms. The Morgan fingerprint density at radius 3 is 2.50 bits per heavy atom. The summed E-state index contributed by atoms with van der Waals surface area (Å²) >= 11 is 0. The molecule has 2 fully saturated rings. The predicted octanol–water partition coefficient (Wildman–Crippen LogP) is 2.43. The number of carbonyl (C=O) groups is 1. The zero-order valence-corrected chi connectivity index (χ0v) is 17.9. The van der Waals surface area contributed by atoms with E-state index in [9.17, 15) is 23.2 Å². The summed E-state index contributed by atoms with van der Waals surface area (Å²) in [6.07, 6.45) is 7.10. The molecule has 0 bridgehead atoms. The third kappa shape index (κ3) is 4.36. The molecule has 3 aromatic heterocycles. The second kappa shape index (κ2) is 8.32. The van der Waals surface area contributed by atoms with Crippen molar-refractivity contribution in [2.24, 2.45) is 0 Å². The molecule has 1 saturated carbocycles. The summed E-state index contributed by atoms with van der Waals surface area (Å²) in [5, 5.41) is 4.38. The lowest BCUT2D eigenvalue weighted by molar-refractivity contribution is -0.113. The molecule has 1 aromatic carbocycles. The number of amides is 1. The van der Waals surface area contributed by atoms with Crippen LogP contribution < -0.4 is 11.2 Å². The second-order valence-electron chi connectivity index (χ2n) is 8.32. The van der Waals surface area contributed by atoms with Gasteiger partial charge in [-0.3, -0.25) is 14.6 Å². The maximum atomic E-state index is 12.5. The topological polar surface area (TPSA) is 116 Å². The molecule has 2 N–H and O–H groups in total. The number of carbonyl (C=O) groups excluding carboxylic acids is 1. The van der Waals surface area contributed by atoms with Gasteiger partial charge in [0.1, 0.15) is 0 Å². The van der Waals surface area contributed by atoms with Gasteiger partial charge in [-0.1, -0.05) is 18.2 Å². The number of imidazole rings is 1. The molecule has 0 spiro atoms. The van der Waals surface area contributed by atoms with Gasteiger partial charge in [0.2, 0.25) is 0 Å². The molecule has 4 aromatic rings. The number of alkyl halides is 2. The van der Waals surface area contributed by atoms with E-state index in [0.29, 0.717) is 22.7 Å². The lowest BCUT2D eigenvalue weighted by Crippen LogP contribution is -2.58. The maximum absolute atomic E-state index is 12.5. The van der Waals surface area contributed by atoms with Crippen LogP contribution in [0.2, 0.25) is 0 Å². The van der Waals surface area contributed by atoms with Crippen molar-refractivity contribution >= 4 is 11.6 Å². The van der Waals surface area contributed by atoms with Gasteiger partial charge in [0.25, 0.3) is 17.4 Å². The number of nitrogens with one attached hydrogen (secondary N) is 2. The van der Waals surface area contributed by atoms with Gasteiger partial charge in [0.05, 0.1) is 24.3 Å². The monoisotopic (exact) mass is 466 g/mol. The Bertz CT molecular complexity index is 1470. The lowest BCUT2D eigenvalue weighted by atomic mass is 10.1. The Kier molecular flexibility index (Phi) is 5.31. The van der Waals surface area contributed by atoms with E-state index < -0.39 is 30.3 Å². The average molecular weight is 466 g/mol. The molecule has 1 amide bonds. The largest absolute Gasteiger partial charge is 0.326 e. The highest BCUT2D eigenvalue weighted by molar-refractivity contribution is 5.94. The van der Waals surface area contributed by atoms with E-state index in [1.807, 2.05) is 6.07 Å². The van der Waals surface area contributed by atoms with Crippen LogP contribution in [0, 0.1) is 0 Å². The fourth-order valence-corrected chi connectivity index (χ4v) is 3.79. The highest BCUT2D eigenvalue weighted by Gasteiger charge is 2.46. The van der Waals surface area contributed by atoms with Crippen LogP contribution >= 0.6 is 0 Å². The van der Waals surface area contributed by atoms with Crippen LogP contribution in [0.3, 0.4) is 0 Å². The van der Waals surface area contributed by atoms with Crippen LogP contribution in [0.4, 0.5) is 8.78 Å². The molecule has 174 valence electrons. The van der Waals surface area contributed by atoms with Gasteiger partial charge in [-0.25, -0.2) is 23.1 Å². The molecule has 9 nitrogen and oxygen atoms in total. The van der Waals surface area contributed by atoms with Gasteiger partial charge in [-0.2, -0.15) is 5.10 Å². The number of hydrogen-bond acceptors (Lipinski definition) is 5. The number of nitrogens with zero attached hydrogens (tertiary/aromatic N) is 4. The Morgan fingerprint density at radius 2 is 1.85 bits per heavy atom. The Balaban J connectivity index is 0.000000152. The molecule has 1 saturated heterocycles. The number of H-pyrrole nitrogens is 2.